The Morgan fingerprint density at radius 1 is 1.06 bits per heavy atom. The lowest BCUT2D eigenvalue weighted by molar-refractivity contribution is 0.0731. The fourth-order valence-corrected chi connectivity index (χ4v) is 5.44. The summed E-state index contributed by atoms with van der Waals surface area (Å²) in [6, 6.07) is 24.5. The minimum absolute atomic E-state index is 0.0339. The third-order valence-electron chi connectivity index (χ3n) is 6.98. The van der Waals surface area contributed by atoms with Gasteiger partial charge in [0.2, 0.25) is 0 Å². The van der Waals surface area contributed by atoms with Gasteiger partial charge < -0.3 is 9.47 Å². The van der Waals surface area contributed by atoms with Crippen LogP contribution in [0, 0.1) is 11.8 Å². The van der Waals surface area contributed by atoms with E-state index < -0.39 is 0 Å². The third-order valence-corrected chi connectivity index (χ3v) is 7.22. The molecule has 0 radical (unpaired) electrons. The predicted octanol–water partition coefficient (Wildman–Crippen LogP) is 7.52. The summed E-state index contributed by atoms with van der Waals surface area (Å²) >= 11 is 6.49. The lowest BCUT2D eigenvalue weighted by Gasteiger charge is -2.27. The van der Waals surface area contributed by atoms with Gasteiger partial charge in [0.15, 0.2) is 0 Å². The van der Waals surface area contributed by atoms with Crippen LogP contribution in [0.5, 0.6) is 0 Å². The summed E-state index contributed by atoms with van der Waals surface area (Å²) in [6.45, 7) is 5.31. The van der Waals surface area contributed by atoms with Crippen molar-refractivity contribution >= 4 is 28.4 Å². The van der Waals surface area contributed by atoms with E-state index in [2.05, 4.69) is 70.7 Å². The molecule has 0 saturated carbocycles. The van der Waals surface area contributed by atoms with Gasteiger partial charge in [-0.2, -0.15) is 0 Å². The van der Waals surface area contributed by atoms with Crippen molar-refractivity contribution in [1.29, 1.82) is 0 Å². The SMILES string of the molecule is CC#CCn1c(C2CCCN2C(=O)c2ccc(CC)cc2)c(-c2ccccc2)c2cc(Cl)ccc21. The number of fused-ring (bicyclic) bond motifs is 1. The Kier molecular flexibility index (Phi) is 6.66. The number of aryl methyl sites for hydroxylation is 1. The van der Waals surface area contributed by atoms with Crippen LogP contribution in [0.2, 0.25) is 5.02 Å². The van der Waals surface area contributed by atoms with Gasteiger partial charge in [-0.25, -0.2) is 0 Å². The highest BCUT2D eigenvalue weighted by atomic mass is 35.5. The maximum atomic E-state index is 13.7. The van der Waals surface area contributed by atoms with Crippen LogP contribution in [-0.4, -0.2) is 21.9 Å². The number of rotatable bonds is 5. The van der Waals surface area contributed by atoms with E-state index in [4.69, 9.17) is 11.6 Å². The number of hydrogen-bond acceptors (Lipinski definition) is 1. The van der Waals surface area contributed by atoms with Gasteiger partial charge in [-0.05, 0) is 67.6 Å². The maximum absolute atomic E-state index is 13.7. The number of aromatic nitrogens is 1. The first-order valence-corrected chi connectivity index (χ1v) is 12.7. The van der Waals surface area contributed by atoms with Crippen molar-refractivity contribution in [2.75, 3.05) is 6.54 Å². The molecule has 35 heavy (non-hydrogen) atoms. The van der Waals surface area contributed by atoms with E-state index in [1.807, 2.05) is 37.3 Å². The molecule has 1 atom stereocenters. The third kappa shape index (κ3) is 4.35. The molecule has 2 heterocycles. The van der Waals surface area contributed by atoms with Gasteiger partial charge in [-0.15, -0.1) is 5.92 Å². The van der Waals surface area contributed by atoms with Gasteiger partial charge in [0, 0.05) is 33.6 Å². The molecule has 176 valence electrons. The molecule has 1 aliphatic heterocycles. The van der Waals surface area contributed by atoms with Crippen LogP contribution < -0.4 is 0 Å². The highest BCUT2D eigenvalue weighted by Crippen LogP contribution is 2.44. The molecule has 0 aliphatic carbocycles. The summed E-state index contributed by atoms with van der Waals surface area (Å²) in [5.74, 6) is 6.41. The summed E-state index contributed by atoms with van der Waals surface area (Å²) in [4.78, 5) is 15.8. The molecule has 3 aromatic carbocycles. The van der Waals surface area contributed by atoms with E-state index in [-0.39, 0.29) is 11.9 Å². The topological polar surface area (TPSA) is 25.2 Å². The Labute approximate surface area is 212 Å². The zero-order chi connectivity index (χ0) is 24.4. The summed E-state index contributed by atoms with van der Waals surface area (Å²) in [5.41, 5.74) is 6.50. The first kappa shape index (κ1) is 23.3. The van der Waals surface area contributed by atoms with Crippen molar-refractivity contribution in [3.63, 3.8) is 0 Å². The number of carbonyl (C=O) groups is 1. The Hall–Kier alpha value is -3.48. The van der Waals surface area contributed by atoms with Gasteiger partial charge in [0.1, 0.15) is 0 Å². The number of halogens is 1. The minimum atomic E-state index is -0.0339. The Balaban J connectivity index is 1.70. The molecule has 1 aromatic heterocycles. The molecule has 1 amide bonds. The first-order chi connectivity index (χ1) is 17.1. The molecule has 1 fully saturated rings. The van der Waals surface area contributed by atoms with Crippen LogP contribution in [0.25, 0.3) is 22.0 Å². The van der Waals surface area contributed by atoms with Crippen LogP contribution in [0.15, 0.2) is 72.8 Å². The molecule has 4 aromatic rings. The average molecular weight is 481 g/mol. The van der Waals surface area contributed by atoms with Crippen molar-refractivity contribution in [3.05, 3.63) is 94.6 Å². The molecular formula is C31H29ClN2O. The maximum Gasteiger partial charge on any atom is 0.254 e. The standard InChI is InChI=1S/C31H29ClN2O/c1-3-5-19-33-27-18-17-25(32)21-26(27)29(23-10-7-6-8-11-23)30(33)28-12-9-20-34(28)31(35)24-15-13-22(4-2)14-16-24/h6-8,10-11,13-18,21,28H,4,9,12,19-20H2,1-2H3. The lowest BCUT2D eigenvalue weighted by Crippen LogP contribution is -2.32. The summed E-state index contributed by atoms with van der Waals surface area (Å²) in [6.07, 6.45) is 2.85. The molecule has 0 N–H and O–H groups in total. The fraction of sp³-hybridized carbons (Fsp3) is 0.258. The highest BCUT2D eigenvalue weighted by Gasteiger charge is 2.35. The molecular weight excluding hydrogens is 452 g/mol. The fourth-order valence-electron chi connectivity index (χ4n) is 5.27. The number of hydrogen-bond donors (Lipinski definition) is 0. The van der Waals surface area contributed by atoms with E-state index in [9.17, 15) is 4.79 Å². The number of amides is 1. The van der Waals surface area contributed by atoms with Crippen molar-refractivity contribution in [2.45, 2.75) is 45.7 Å². The van der Waals surface area contributed by atoms with Crippen LogP contribution in [0.3, 0.4) is 0 Å². The second kappa shape index (κ2) is 10.0. The molecule has 0 spiro atoms. The lowest BCUT2D eigenvalue weighted by atomic mass is 9.97. The second-order valence-corrected chi connectivity index (χ2v) is 9.44. The quantitative estimate of drug-likeness (QED) is 0.271. The molecule has 1 saturated heterocycles. The highest BCUT2D eigenvalue weighted by molar-refractivity contribution is 6.31. The molecule has 3 nitrogen and oxygen atoms in total. The predicted molar refractivity (Wildman–Crippen MR) is 145 cm³/mol. The number of benzene rings is 3. The van der Waals surface area contributed by atoms with Crippen molar-refractivity contribution < 1.29 is 4.79 Å². The number of nitrogens with zero attached hydrogens (tertiary/aromatic N) is 2. The molecule has 1 unspecified atom stereocenters. The summed E-state index contributed by atoms with van der Waals surface area (Å²) in [7, 11) is 0. The average Bonchev–Trinajstić information content (AvgIpc) is 3.49. The van der Waals surface area contributed by atoms with Crippen LogP contribution in [0.1, 0.15) is 54.3 Å². The largest absolute Gasteiger partial charge is 0.330 e. The van der Waals surface area contributed by atoms with E-state index >= 15 is 0 Å². The monoisotopic (exact) mass is 480 g/mol. The molecule has 4 heteroatoms. The summed E-state index contributed by atoms with van der Waals surface area (Å²) < 4.78 is 2.29. The molecule has 5 rings (SSSR count). The smallest absolute Gasteiger partial charge is 0.254 e. The Bertz CT molecular complexity index is 1420. The molecule has 1 aliphatic rings. The van der Waals surface area contributed by atoms with E-state index in [0.29, 0.717) is 11.6 Å². The van der Waals surface area contributed by atoms with Crippen molar-refractivity contribution in [1.82, 2.24) is 9.47 Å². The summed E-state index contributed by atoms with van der Waals surface area (Å²) in [5, 5.41) is 1.80. The van der Waals surface area contributed by atoms with Gasteiger partial charge >= 0.3 is 0 Å². The zero-order valence-electron chi connectivity index (χ0n) is 20.2. The Morgan fingerprint density at radius 3 is 2.54 bits per heavy atom. The van der Waals surface area contributed by atoms with Crippen molar-refractivity contribution in [2.24, 2.45) is 0 Å². The van der Waals surface area contributed by atoms with Crippen LogP contribution in [0.4, 0.5) is 0 Å². The van der Waals surface area contributed by atoms with E-state index in [0.717, 1.165) is 59.1 Å². The van der Waals surface area contributed by atoms with E-state index in [1.165, 1.54) is 5.56 Å². The zero-order valence-corrected chi connectivity index (χ0v) is 21.0. The number of likely N-dealkylation sites (tertiary alicyclic amines) is 1. The second-order valence-electron chi connectivity index (χ2n) is 9.01. The minimum Gasteiger partial charge on any atom is -0.330 e. The van der Waals surface area contributed by atoms with E-state index in [1.54, 1.807) is 0 Å². The van der Waals surface area contributed by atoms with Gasteiger partial charge in [0.25, 0.3) is 5.91 Å². The van der Waals surface area contributed by atoms with Crippen molar-refractivity contribution in [3.8, 4) is 23.0 Å². The van der Waals surface area contributed by atoms with Crippen LogP contribution >= 0.6 is 11.6 Å². The first-order valence-electron chi connectivity index (χ1n) is 12.3. The molecule has 0 bridgehead atoms. The van der Waals surface area contributed by atoms with Crippen LogP contribution in [-0.2, 0) is 13.0 Å². The Morgan fingerprint density at radius 2 is 1.83 bits per heavy atom. The number of carbonyl (C=O) groups excluding carboxylic acids is 1. The van der Waals surface area contributed by atoms with Gasteiger partial charge in [-0.1, -0.05) is 66.9 Å². The van der Waals surface area contributed by atoms with Gasteiger partial charge in [0.05, 0.1) is 18.3 Å². The van der Waals surface area contributed by atoms with Gasteiger partial charge in [-0.3, -0.25) is 4.79 Å². The normalized spacial score (nSPS) is 15.3.